The number of nitro benzene ring substituents is 1. The Morgan fingerprint density at radius 2 is 1.60 bits per heavy atom. The summed E-state index contributed by atoms with van der Waals surface area (Å²) in [6.45, 7) is 1.44. The normalized spacial score (nSPS) is 10.3. The van der Waals surface area contributed by atoms with E-state index in [4.69, 9.17) is 4.42 Å². The molecule has 152 valence electrons. The summed E-state index contributed by atoms with van der Waals surface area (Å²) >= 11 is 0. The van der Waals surface area contributed by atoms with E-state index >= 15 is 0 Å². The van der Waals surface area contributed by atoms with E-state index in [1.807, 2.05) is 0 Å². The molecule has 0 spiro atoms. The molecule has 0 saturated carbocycles. The highest BCUT2D eigenvalue weighted by Crippen LogP contribution is 2.27. The van der Waals surface area contributed by atoms with Crippen LogP contribution in [0.4, 0.5) is 5.69 Å². The van der Waals surface area contributed by atoms with Gasteiger partial charge in [0.15, 0.2) is 11.5 Å². The second-order valence-electron chi connectivity index (χ2n) is 6.17. The van der Waals surface area contributed by atoms with E-state index in [0.717, 1.165) is 12.1 Å². The number of amides is 2. The lowest BCUT2D eigenvalue weighted by atomic mass is 10.0. The standard InChI is InChI=1S/C20H15N3O7/c1-11(24)12-2-4-13(5-3-12)15-8-9-30-18(15)20(27)22-21-19(26)14-6-7-17(25)16(10-14)23(28)29/h2-10,25H,1H3,(H,21,26)(H,22,27). The molecule has 0 atom stereocenters. The summed E-state index contributed by atoms with van der Waals surface area (Å²) in [5, 5.41) is 20.3. The third-order valence-electron chi connectivity index (χ3n) is 4.20. The van der Waals surface area contributed by atoms with Crippen molar-refractivity contribution < 1.29 is 28.8 Å². The highest BCUT2D eigenvalue weighted by molar-refractivity contribution is 6.01. The molecule has 0 bridgehead atoms. The molecule has 1 heterocycles. The number of rotatable bonds is 5. The van der Waals surface area contributed by atoms with E-state index in [1.54, 1.807) is 30.3 Å². The number of furan rings is 1. The molecule has 30 heavy (non-hydrogen) atoms. The van der Waals surface area contributed by atoms with E-state index in [2.05, 4.69) is 10.9 Å². The van der Waals surface area contributed by atoms with Gasteiger partial charge in [-0.1, -0.05) is 24.3 Å². The summed E-state index contributed by atoms with van der Waals surface area (Å²) in [5.41, 5.74) is 5.10. The maximum atomic E-state index is 12.4. The molecule has 0 aliphatic carbocycles. The van der Waals surface area contributed by atoms with Crippen LogP contribution in [0.5, 0.6) is 5.75 Å². The number of nitrogens with zero attached hydrogens (tertiary/aromatic N) is 1. The number of phenolic OH excluding ortho intramolecular Hbond substituents is 1. The number of carbonyl (C=O) groups is 3. The van der Waals surface area contributed by atoms with E-state index in [1.165, 1.54) is 19.3 Å². The first kappa shape index (κ1) is 20.3. The van der Waals surface area contributed by atoms with E-state index < -0.39 is 28.2 Å². The first-order chi connectivity index (χ1) is 14.3. The van der Waals surface area contributed by atoms with Crippen LogP contribution in [0.25, 0.3) is 11.1 Å². The van der Waals surface area contributed by atoms with Gasteiger partial charge in [0, 0.05) is 22.8 Å². The summed E-state index contributed by atoms with van der Waals surface area (Å²) in [4.78, 5) is 46.0. The molecule has 0 aliphatic rings. The summed E-state index contributed by atoms with van der Waals surface area (Å²) < 4.78 is 5.21. The summed E-state index contributed by atoms with van der Waals surface area (Å²) in [6, 6.07) is 11.2. The van der Waals surface area contributed by atoms with Crippen LogP contribution in [0, 0.1) is 10.1 Å². The predicted molar refractivity (Wildman–Crippen MR) is 104 cm³/mol. The van der Waals surface area contributed by atoms with E-state index in [-0.39, 0.29) is 17.1 Å². The second kappa shape index (κ2) is 8.27. The Hall–Kier alpha value is -4.47. The van der Waals surface area contributed by atoms with Gasteiger partial charge in [-0.25, -0.2) is 0 Å². The van der Waals surface area contributed by atoms with Crippen molar-refractivity contribution in [3.8, 4) is 16.9 Å². The lowest BCUT2D eigenvalue weighted by Crippen LogP contribution is -2.41. The number of benzene rings is 2. The SMILES string of the molecule is CC(=O)c1ccc(-c2ccoc2C(=O)NNC(=O)c2ccc(O)c([N+](=O)[O-])c2)cc1. The van der Waals surface area contributed by atoms with Crippen LogP contribution < -0.4 is 10.9 Å². The topological polar surface area (TPSA) is 152 Å². The molecule has 0 unspecified atom stereocenters. The minimum atomic E-state index is -0.836. The number of hydrazine groups is 1. The van der Waals surface area contributed by atoms with Gasteiger partial charge >= 0.3 is 11.6 Å². The second-order valence-corrected chi connectivity index (χ2v) is 6.17. The van der Waals surface area contributed by atoms with Crippen molar-refractivity contribution in [2.45, 2.75) is 6.92 Å². The molecule has 10 heteroatoms. The van der Waals surface area contributed by atoms with Gasteiger partial charge in [-0.05, 0) is 30.7 Å². The quantitative estimate of drug-likeness (QED) is 0.333. The molecule has 1 aromatic heterocycles. The first-order valence-corrected chi connectivity index (χ1v) is 8.55. The summed E-state index contributed by atoms with van der Waals surface area (Å²) in [5.74, 6) is -2.35. The Balaban J connectivity index is 1.73. The lowest BCUT2D eigenvalue weighted by Gasteiger charge is -2.08. The molecule has 2 aromatic carbocycles. The fourth-order valence-electron chi connectivity index (χ4n) is 2.65. The lowest BCUT2D eigenvalue weighted by molar-refractivity contribution is -0.385. The molecule has 0 radical (unpaired) electrons. The molecule has 0 fully saturated rings. The molecule has 3 rings (SSSR count). The van der Waals surface area contributed by atoms with Crippen molar-refractivity contribution in [3.05, 3.63) is 81.8 Å². The van der Waals surface area contributed by atoms with Gasteiger partial charge in [0.05, 0.1) is 11.2 Å². The monoisotopic (exact) mass is 409 g/mol. The van der Waals surface area contributed by atoms with Gasteiger partial charge in [-0.2, -0.15) is 0 Å². The van der Waals surface area contributed by atoms with Gasteiger partial charge in [-0.3, -0.25) is 35.3 Å². The Labute approximate surface area is 169 Å². The number of aromatic hydroxyl groups is 1. The number of phenols is 1. The number of ketones is 1. The zero-order chi connectivity index (χ0) is 21.8. The first-order valence-electron chi connectivity index (χ1n) is 8.55. The largest absolute Gasteiger partial charge is 0.502 e. The van der Waals surface area contributed by atoms with E-state index in [9.17, 15) is 29.6 Å². The van der Waals surface area contributed by atoms with Crippen molar-refractivity contribution in [2.75, 3.05) is 0 Å². The molecule has 3 aromatic rings. The maximum Gasteiger partial charge on any atom is 0.311 e. The minimum Gasteiger partial charge on any atom is -0.502 e. The van der Waals surface area contributed by atoms with Crippen LogP contribution in [0.1, 0.15) is 38.2 Å². The Morgan fingerprint density at radius 3 is 2.23 bits per heavy atom. The number of nitrogens with one attached hydrogen (secondary N) is 2. The Kier molecular flexibility index (Phi) is 5.59. The van der Waals surface area contributed by atoms with Crippen LogP contribution in [0.15, 0.2) is 59.2 Å². The number of hydrogen-bond acceptors (Lipinski definition) is 7. The predicted octanol–water partition coefficient (Wildman–Crippen LogP) is 2.84. The van der Waals surface area contributed by atoms with Crippen molar-refractivity contribution in [1.82, 2.24) is 10.9 Å². The van der Waals surface area contributed by atoms with Gasteiger partial charge in [-0.15, -0.1) is 0 Å². The van der Waals surface area contributed by atoms with Crippen molar-refractivity contribution in [2.24, 2.45) is 0 Å². The number of Topliss-reactive ketones (excluding diaryl/α,β-unsaturated/α-hetero) is 1. The van der Waals surface area contributed by atoms with Crippen molar-refractivity contribution in [1.29, 1.82) is 0 Å². The molecule has 0 aliphatic heterocycles. The van der Waals surface area contributed by atoms with Gasteiger partial charge < -0.3 is 9.52 Å². The number of carbonyl (C=O) groups excluding carboxylic acids is 3. The average Bonchev–Trinajstić information content (AvgIpc) is 3.22. The highest BCUT2D eigenvalue weighted by atomic mass is 16.6. The molecule has 0 saturated heterocycles. The van der Waals surface area contributed by atoms with E-state index in [0.29, 0.717) is 16.7 Å². The highest BCUT2D eigenvalue weighted by Gasteiger charge is 2.20. The molecular weight excluding hydrogens is 394 g/mol. The van der Waals surface area contributed by atoms with Crippen LogP contribution in [0.2, 0.25) is 0 Å². The zero-order valence-electron chi connectivity index (χ0n) is 15.5. The minimum absolute atomic E-state index is 0.0810. The number of nitro groups is 1. The molecular formula is C20H15N3O7. The third kappa shape index (κ3) is 4.17. The van der Waals surface area contributed by atoms with Crippen LogP contribution in [0.3, 0.4) is 0 Å². The van der Waals surface area contributed by atoms with Gasteiger partial charge in [0.2, 0.25) is 5.76 Å². The fourth-order valence-corrected chi connectivity index (χ4v) is 2.65. The van der Waals surface area contributed by atoms with Gasteiger partial charge in [0.1, 0.15) is 0 Å². The molecule has 2 amide bonds. The van der Waals surface area contributed by atoms with Gasteiger partial charge in [0.25, 0.3) is 5.91 Å². The summed E-state index contributed by atoms with van der Waals surface area (Å²) in [6.07, 6.45) is 1.30. The van der Waals surface area contributed by atoms with Crippen molar-refractivity contribution >= 4 is 23.3 Å². The Morgan fingerprint density at radius 1 is 0.967 bits per heavy atom. The third-order valence-corrected chi connectivity index (χ3v) is 4.20. The Bertz CT molecular complexity index is 1150. The summed E-state index contributed by atoms with van der Waals surface area (Å²) in [7, 11) is 0. The fraction of sp³-hybridized carbons (Fsp3) is 0.0500. The van der Waals surface area contributed by atoms with Crippen LogP contribution in [-0.2, 0) is 0 Å². The maximum absolute atomic E-state index is 12.4. The average molecular weight is 409 g/mol. The molecule has 3 N–H and O–H groups in total. The number of hydrogen-bond donors (Lipinski definition) is 3. The zero-order valence-corrected chi connectivity index (χ0v) is 15.5. The molecule has 10 nitrogen and oxygen atoms in total. The van der Waals surface area contributed by atoms with Crippen LogP contribution in [-0.4, -0.2) is 27.6 Å². The van der Waals surface area contributed by atoms with Crippen LogP contribution >= 0.6 is 0 Å². The smallest absolute Gasteiger partial charge is 0.311 e. The van der Waals surface area contributed by atoms with Crippen molar-refractivity contribution in [3.63, 3.8) is 0 Å².